The monoisotopic (exact) mass is 502 g/mol. The number of benzene rings is 1. The van der Waals surface area contributed by atoms with Crippen molar-refractivity contribution < 1.29 is 14.1 Å². The Balaban J connectivity index is 1.31. The fraction of sp³-hybridized carbons (Fsp3) is 0.429. The smallest absolute Gasteiger partial charge is 0.320 e. The summed E-state index contributed by atoms with van der Waals surface area (Å²) in [6.45, 7) is 12.4. The van der Waals surface area contributed by atoms with E-state index in [0.29, 0.717) is 11.6 Å². The van der Waals surface area contributed by atoms with Crippen molar-refractivity contribution in [3.8, 4) is 5.75 Å². The predicted octanol–water partition coefficient (Wildman–Crippen LogP) is 6.09. The van der Waals surface area contributed by atoms with E-state index in [9.17, 15) is 4.79 Å². The third kappa shape index (κ3) is 5.16. The number of ether oxygens (including phenoxy) is 1. The molecule has 0 aliphatic heterocycles. The number of aromatic nitrogens is 4. The van der Waals surface area contributed by atoms with Crippen molar-refractivity contribution in [1.29, 1.82) is 0 Å². The number of fused-ring (bicyclic) bond motifs is 2. The van der Waals surface area contributed by atoms with E-state index in [2.05, 4.69) is 52.8 Å². The normalized spacial score (nSPS) is 17.9. The molecule has 3 heterocycles. The van der Waals surface area contributed by atoms with Crippen LogP contribution in [0, 0.1) is 0 Å². The number of anilines is 1. The van der Waals surface area contributed by atoms with Gasteiger partial charge in [0.1, 0.15) is 23.4 Å². The lowest BCUT2D eigenvalue weighted by Gasteiger charge is -2.32. The fourth-order valence-electron chi connectivity index (χ4n) is 4.64. The molecule has 0 fully saturated rings. The lowest BCUT2D eigenvalue weighted by molar-refractivity contribution is 0.171. The second-order valence-electron chi connectivity index (χ2n) is 11.7. The van der Waals surface area contributed by atoms with Crippen LogP contribution in [0.4, 0.5) is 10.6 Å². The first-order chi connectivity index (χ1) is 17.5. The van der Waals surface area contributed by atoms with E-state index in [0.717, 1.165) is 41.2 Å². The highest BCUT2D eigenvalue weighted by Crippen LogP contribution is 2.39. The van der Waals surface area contributed by atoms with Gasteiger partial charge in [0, 0.05) is 16.9 Å². The third-order valence-electron chi connectivity index (χ3n) is 6.56. The molecule has 4 aromatic rings. The summed E-state index contributed by atoms with van der Waals surface area (Å²) in [6.07, 6.45) is 3.32. The van der Waals surface area contributed by atoms with E-state index in [1.807, 2.05) is 61.7 Å². The van der Waals surface area contributed by atoms with Gasteiger partial charge in [0.05, 0.1) is 12.2 Å². The number of hydrogen-bond donors (Lipinski definition) is 2. The van der Waals surface area contributed by atoms with Gasteiger partial charge in [-0.3, -0.25) is 9.72 Å². The molecule has 1 aliphatic carbocycles. The summed E-state index contributed by atoms with van der Waals surface area (Å²) in [7, 11) is 0. The summed E-state index contributed by atoms with van der Waals surface area (Å²) in [4.78, 5) is 12.8. The molecular formula is C28H34N6O3. The molecule has 1 aliphatic rings. The van der Waals surface area contributed by atoms with Crippen molar-refractivity contribution in [1.82, 2.24) is 25.1 Å². The number of urea groups is 1. The maximum Gasteiger partial charge on any atom is 0.320 e. The molecule has 3 aromatic heterocycles. The maximum absolute atomic E-state index is 12.8. The molecule has 194 valence electrons. The van der Waals surface area contributed by atoms with Crippen molar-refractivity contribution >= 4 is 17.5 Å². The van der Waals surface area contributed by atoms with Gasteiger partial charge in [0.2, 0.25) is 0 Å². The van der Waals surface area contributed by atoms with Crippen molar-refractivity contribution in [2.45, 2.75) is 77.4 Å². The Morgan fingerprint density at radius 1 is 1.00 bits per heavy atom. The van der Waals surface area contributed by atoms with Crippen molar-refractivity contribution in [3.05, 3.63) is 71.4 Å². The minimum Gasteiger partial charge on any atom is -0.484 e. The molecule has 1 aromatic carbocycles. The lowest BCUT2D eigenvalue weighted by atomic mass is 9.85. The van der Waals surface area contributed by atoms with Crippen LogP contribution in [0.5, 0.6) is 5.75 Å². The molecule has 0 unspecified atom stereocenters. The van der Waals surface area contributed by atoms with Gasteiger partial charge >= 0.3 is 6.03 Å². The Bertz CT molecular complexity index is 1430. The molecule has 9 nitrogen and oxygen atoms in total. The van der Waals surface area contributed by atoms with Gasteiger partial charge in [-0.2, -0.15) is 0 Å². The van der Waals surface area contributed by atoms with E-state index >= 15 is 0 Å². The van der Waals surface area contributed by atoms with Crippen LogP contribution in [-0.4, -0.2) is 25.8 Å². The number of carbonyl (C=O) groups excluding carboxylic acids is 1. The Labute approximate surface area is 216 Å². The van der Waals surface area contributed by atoms with Crippen LogP contribution in [0.3, 0.4) is 0 Å². The molecule has 5 rings (SSSR count). The lowest BCUT2D eigenvalue weighted by Crippen LogP contribution is -2.35. The highest BCUT2D eigenvalue weighted by Gasteiger charge is 2.30. The van der Waals surface area contributed by atoms with Crippen molar-refractivity contribution in [2.75, 3.05) is 5.32 Å². The number of hydrogen-bond acceptors (Lipinski definition) is 6. The largest absolute Gasteiger partial charge is 0.484 e. The molecule has 9 heteroatoms. The number of carbonyl (C=O) groups is 1. The molecular weight excluding hydrogens is 468 g/mol. The van der Waals surface area contributed by atoms with Crippen LogP contribution < -0.4 is 15.4 Å². The third-order valence-corrected chi connectivity index (χ3v) is 6.56. The highest BCUT2D eigenvalue weighted by molar-refractivity contribution is 5.88. The van der Waals surface area contributed by atoms with Gasteiger partial charge in [-0.25, -0.2) is 4.79 Å². The first-order valence-electron chi connectivity index (χ1n) is 12.6. The minimum atomic E-state index is -0.319. The standard InChI is InChI=1S/C28H34N6O3/c1-27(2,3)22-15-23(33-37-22)30-26(35)29-20-12-13-21(19-10-8-7-9-18(19)20)36-17-11-14-24-31-32-25(28(4,5)6)34(24)16-17/h7-11,14-16,20-21H,12-13H2,1-6H3,(H2,29,30,33,35)/t20-,21+/m0/s1. The van der Waals surface area contributed by atoms with Crippen LogP contribution in [0.1, 0.15) is 89.2 Å². The number of pyridine rings is 1. The van der Waals surface area contributed by atoms with Gasteiger partial charge < -0.3 is 14.6 Å². The van der Waals surface area contributed by atoms with E-state index in [4.69, 9.17) is 9.26 Å². The van der Waals surface area contributed by atoms with Crippen LogP contribution in [-0.2, 0) is 10.8 Å². The van der Waals surface area contributed by atoms with Crippen LogP contribution in [0.25, 0.3) is 5.65 Å². The van der Waals surface area contributed by atoms with Crippen molar-refractivity contribution in [2.24, 2.45) is 0 Å². The number of amides is 2. The summed E-state index contributed by atoms with van der Waals surface area (Å²) in [6, 6.07) is 13.3. The Morgan fingerprint density at radius 2 is 1.76 bits per heavy atom. The van der Waals surface area contributed by atoms with Gasteiger partial charge in [-0.15, -0.1) is 10.2 Å². The number of nitrogens with zero attached hydrogens (tertiary/aromatic N) is 4. The summed E-state index contributed by atoms with van der Waals surface area (Å²) in [5, 5.41) is 18.5. The summed E-state index contributed by atoms with van der Waals surface area (Å²) in [5.41, 5.74) is 2.57. The predicted molar refractivity (Wildman–Crippen MR) is 141 cm³/mol. The zero-order chi connectivity index (χ0) is 26.4. The van der Waals surface area contributed by atoms with Gasteiger partial charge in [-0.1, -0.05) is 71.0 Å². The quantitative estimate of drug-likeness (QED) is 0.350. The van der Waals surface area contributed by atoms with Crippen molar-refractivity contribution in [3.63, 3.8) is 0 Å². The molecule has 2 atom stereocenters. The van der Waals surface area contributed by atoms with E-state index in [-0.39, 0.29) is 29.0 Å². The summed E-state index contributed by atoms with van der Waals surface area (Å²) < 4.78 is 13.9. The Kier molecular flexibility index (Phi) is 6.17. The SMILES string of the molecule is CC(C)(C)c1cc(NC(=O)N[C@H]2CC[C@@H](Oc3ccc4nnc(C(C)(C)C)n4c3)c3ccccc32)no1. The zero-order valence-corrected chi connectivity index (χ0v) is 22.2. The molecule has 0 radical (unpaired) electrons. The second-order valence-corrected chi connectivity index (χ2v) is 11.7. The van der Waals surface area contributed by atoms with Gasteiger partial charge in [-0.05, 0) is 36.1 Å². The summed E-state index contributed by atoms with van der Waals surface area (Å²) in [5.74, 6) is 2.74. The first kappa shape index (κ1) is 24.8. The highest BCUT2D eigenvalue weighted by atomic mass is 16.5. The first-order valence-corrected chi connectivity index (χ1v) is 12.6. The maximum atomic E-state index is 12.8. The average molecular weight is 503 g/mol. The minimum absolute atomic E-state index is 0.130. The fourth-order valence-corrected chi connectivity index (χ4v) is 4.64. The molecule has 0 saturated carbocycles. The van der Waals surface area contributed by atoms with E-state index in [1.54, 1.807) is 6.07 Å². The zero-order valence-electron chi connectivity index (χ0n) is 22.2. The molecule has 0 saturated heterocycles. The van der Waals surface area contributed by atoms with Gasteiger partial charge in [0.15, 0.2) is 11.5 Å². The average Bonchev–Trinajstić information content (AvgIpc) is 3.47. The van der Waals surface area contributed by atoms with Crippen LogP contribution in [0.2, 0.25) is 0 Å². The topological polar surface area (TPSA) is 107 Å². The van der Waals surface area contributed by atoms with Gasteiger partial charge in [0.25, 0.3) is 0 Å². The van der Waals surface area contributed by atoms with Crippen LogP contribution in [0.15, 0.2) is 53.2 Å². The number of rotatable bonds is 4. The Morgan fingerprint density at radius 3 is 2.46 bits per heavy atom. The molecule has 37 heavy (non-hydrogen) atoms. The van der Waals surface area contributed by atoms with E-state index in [1.165, 1.54) is 0 Å². The number of nitrogens with one attached hydrogen (secondary N) is 2. The van der Waals surface area contributed by atoms with Crippen LogP contribution >= 0.6 is 0 Å². The van der Waals surface area contributed by atoms with E-state index < -0.39 is 0 Å². The molecule has 2 amide bonds. The second kappa shape index (κ2) is 9.21. The summed E-state index contributed by atoms with van der Waals surface area (Å²) >= 11 is 0. The molecule has 0 bridgehead atoms. The molecule has 2 N–H and O–H groups in total. The molecule has 0 spiro atoms. The Hall–Kier alpha value is -3.88.